The molecular weight excluding hydrogens is 148 g/mol. The summed E-state index contributed by atoms with van der Waals surface area (Å²) < 4.78 is 0. The van der Waals surface area contributed by atoms with Gasteiger partial charge in [-0.2, -0.15) is 0 Å². The summed E-state index contributed by atoms with van der Waals surface area (Å²) in [5, 5.41) is 8.81. The summed E-state index contributed by atoms with van der Waals surface area (Å²) in [6.07, 6.45) is 3.69. The van der Waals surface area contributed by atoms with E-state index in [9.17, 15) is 0 Å². The number of rotatable bonds is 6. The molecule has 0 radical (unpaired) electrons. The van der Waals surface area contributed by atoms with Gasteiger partial charge in [0.15, 0.2) is 0 Å². The Balaban J connectivity index is 3.43. The van der Waals surface area contributed by atoms with Gasteiger partial charge in [-0.15, -0.1) is 0 Å². The van der Waals surface area contributed by atoms with Crippen LogP contribution in [0.3, 0.4) is 0 Å². The molecule has 0 aromatic carbocycles. The van der Waals surface area contributed by atoms with Gasteiger partial charge in [0.25, 0.3) is 0 Å². The van der Waals surface area contributed by atoms with Crippen molar-refractivity contribution in [3.05, 3.63) is 12.2 Å². The van der Waals surface area contributed by atoms with Gasteiger partial charge in [0, 0.05) is 0 Å². The Morgan fingerprint density at radius 2 is 1.83 bits per heavy atom. The van der Waals surface area contributed by atoms with E-state index in [0.29, 0.717) is 5.92 Å². The predicted octanol–water partition coefficient (Wildman–Crippen LogP) is 3.00. The molecule has 0 aromatic rings. The molecule has 0 bridgehead atoms. The van der Waals surface area contributed by atoms with Crippen molar-refractivity contribution in [3.8, 4) is 0 Å². The molecule has 1 unspecified atom stereocenters. The van der Waals surface area contributed by atoms with Gasteiger partial charge in [0.05, 0.1) is 6.61 Å². The Morgan fingerprint density at radius 3 is 2.25 bits per heavy atom. The van der Waals surface area contributed by atoms with E-state index in [1.165, 1.54) is 12.8 Å². The van der Waals surface area contributed by atoms with Gasteiger partial charge >= 0.3 is 0 Å². The highest BCUT2D eigenvalue weighted by atomic mass is 16.3. The molecule has 0 fully saturated rings. The van der Waals surface area contributed by atoms with E-state index in [-0.39, 0.29) is 6.61 Å². The van der Waals surface area contributed by atoms with Crippen LogP contribution in [0.1, 0.15) is 40.0 Å². The molecule has 0 heterocycles. The lowest BCUT2D eigenvalue weighted by Gasteiger charge is -2.12. The van der Waals surface area contributed by atoms with Crippen LogP contribution in [-0.4, -0.2) is 11.7 Å². The van der Waals surface area contributed by atoms with Gasteiger partial charge in [-0.25, -0.2) is 0 Å². The third-order valence-electron chi connectivity index (χ3n) is 2.32. The van der Waals surface area contributed by atoms with E-state index in [1.807, 2.05) is 0 Å². The molecule has 12 heavy (non-hydrogen) atoms. The summed E-state index contributed by atoms with van der Waals surface area (Å²) in [4.78, 5) is 0. The van der Waals surface area contributed by atoms with Crippen molar-refractivity contribution >= 4 is 0 Å². The predicted molar refractivity (Wildman–Crippen MR) is 54.1 cm³/mol. The molecule has 0 rings (SSSR count). The third-order valence-corrected chi connectivity index (χ3v) is 2.32. The molecule has 0 amide bonds. The van der Waals surface area contributed by atoms with Crippen molar-refractivity contribution < 1.29 is 5.11 Å². The lowest BCUT2D eigenvalue weighted by Crippen LogP contribution is -2.02. The highest BCUT2D eigenvalue weighted by Gasteiger charge is 2.05. The minimum absolute atomic E-state index is 0.142. The topological polar surface area (TPSA) is 20.2 Å². The van der Waals surface area contributed by atoms with Crippen LogP contribution in [0.15, 0.2) is 12.2 Å². The highest BCUT2D eigenvalue weighted by molar-refractivity contribution is 4.98. The molecule has 1 nitrogen and oxygen atoms in total. The van der Waals surface area contributed by atoms with Gasteiger partial charge in [0.2, 0.25) is 0 Å². The van der Waals surface area contributed by atoms with Crippen LogP contribution < -0.4 is 0 Å². The van der Waals surface area contributed by atoms with Crippen LogP contribution in [0.2, 0.25) is 0 Å². The minimum Gasteiger partial charge on any atom is -0.392 e. The number of hydrogen-bond acceptors (Lipinski definition) is 1. The first-order chi connectivity index (χ1) is 5.57. The number of aliphatic hydroxyl groups excluding tert-OH is 1. The Labute approximate surface area is 76.5 Å². The molecule has 72 valence electrons. The average Bonchev–Trinajstić information content (AvgIpc) is 2.02. The lowest BCUT2D eigenvalue weighted by atomic mass is 9.95. The normalized spacial score (nSPS) is 13.4. The fourth-order valence-electron chi connectivity index (χ4n) is 1.19. The second-order valence-electron chi connectivity index (χ2n) is 4.04. The first-order valence-electron chi connectivity index (χ1n) is 4.86. The quantitative estimate of drug-likeness (QED) is 0.608. The minimum atomic E-state index is 0.142. The molecular formula is C11H22O. The fraction of sp³-hybridized carbons (Fsp3) is 0.818. The SMILES string of the molecule is C=C(CO)C(C)CCCC(C)C. The number of hydrogen-bond donors (Lipinski definition) is 1. The largest absolute Gasteiger partial charge is 0.392 e. The molecule has 0 aliphatic rings. The Morgan fingerprint density at radius 1 is 1.25 bits per heavy atom. The van der Waals surface area contributed by atoms with Crippen molar-refractivity contribution in [3.63, 3.8) is 0 Å². The van der Waals surface area contributed by atoms with Gasteiger partial charge in [0.1, 0.15) is 0 Å². The zero-order chi connectivity index (χ0) is 9.56. The first kappa shape index (κ1) is 11.7. The van der Waals surface area contributed by atoms with Crippen LogP contribution in [0, 0.1) is 11.8 Å². The molecule has 0 saturated carbocycles. The summed E-state index contributed by atoms with van der Waals surface area (Å²) in [6, 6.07) is 0. The monoisotopic (exact) mass is 170 g/mol. The Kier molecular flexibility index (Phi) is 6.09. The van der Waals surface area contributed by atoms with Crippen molar-refractivity contribution in [1.82, 2.24) is 0 Å². The highest BCUT2D eigenvalue weighted by Crippen LogP contribution is 2.17. The lowest BCUT2D eigenvalue weighted by molar-refractivity contribution is 0.312. The average molecular weight is 170 g/mol. The van der Waals surface area contributed by atoms with Crippen molar-refractivity contribution in [1.29, 1.82) is 0 Å². The van der Waals surface area contributed by atoms with Gasteiger partial charge < -0.3 is 5.11 Å². The van der Waals surface area contributed by atoms with E-state index >= 15 is 0 Å². The molecule has 0 spiro atoms. The standard InChI is InChI=1S/C11H22O/c1-9(2)6-5-7-10(3)11(4)8-12/h9-10,12H,4-8H2,1-3H3. The zero-order valence-corrected chi connectivity index (χ0v) is 8.64. The zero-order valence-electron chi connectivity index (χ0n) is 8.64. The Hall–Kier alpha value is -0.300. The Bertz CT molecular complexity index is 127. The smallest absolute Gasteiger partial charge is 0.0641 e. The van der Waals surface area contributed by atoms with E-state index in [0.717, 1.165) is 17.9 Å². The molecule has 1 atom stereocenters. The molecule has 0 aliphatic heterocycles. The van der Waals surface area contributed by atoms with Crippen LogP contribution in [0.5, 0.6) is 0 Å². The van der Waals surface area contributed by atoms with Crippen LogP contribution in [0.25, 0.3) is 0 Å². The van der Waals surface area contributed by atoms with Crippen LogP contribution in [0.4, 0.5) is 0 Å². The van der Waals surface area contributed by atoms with E-state index < -0.39 is 0 Å². The van der Waals surface area contributed by atoms with Gasteiger partial charge in [-0.05, 0) is 23.8 Å². The third kappa shape index (κ3) is 5.36. The molecule has 0 aromatic heterocycles. The second kappa shape index (κ2) is 6.24. The molecule has 0 aliphatic carbocycles. The molecule has 1 N–H and O–H groups in total. The van der Waals surface area contributed by atoms with E-state index in [4.69, 9.17) is 5.11 Å². The molecule has 1 heteroatoms. The summed E-state index contributed by atoms with van der Waals surface area (Å²) >= 11 is 0. The van der Waals surface area contributed by atoms with Gasteiger partial charge in [-0.1, -0.05) is 40.2 Å². The maximum atomic E-state index is 8.81. The maximum Gasteiger partial charge on any atom is 0.0641 e. The van der Waals surface area contributed by atoms with Crippen molar-refractivity contribution in [2.45, 2.75) is 40.0 Å². The summed E-state index contributed by atoms with van der Waals surface area (Å²) in [5.41, 5.74) is 0.971. The summed E-state index contributed by atoms with van der Waals surface area (Å²) in [7, 11) is 0. The maximum absolute atomic E-state index is 8.81. The van der Waals surface area contributed by atoms with Crippen molar-refractivity contribution in [2.75, 3.05) is 6.61 Å². The first-order valence-corrected chi connectivity index (χ1v) is 4.86. The van der Waals surface area contributed by atoms with E-state index in [1.54, 1.807) is 0 Å². The number of aliphatic hydroxyl groups is 1. The van der Waals surface area contributed by atoms with Crippen LogP contribution >= 0.6 is 0 Å². The van der Waals surface area contributed by atoms with Crippen molar-refractivity contribution in [2.24, 2.45) is 11.8 Å². The summed E-state index contributed by atoms with van der Waals surface area (Å²) in [5.74, 6) is 1.27. The fourth-order valence-corrected chi connectivity index (χ4v) is 1.19. The van der Waals surface area contributed by atoms with Crippen LogP contribution in [-0.2, 0) is 0 Å². The second-order valence-corrected chi connectivity index (χ2v) is 4.04. The summed E-state index contributed by atoms with van der Waals surface area (Å²) in [6.45, 7) is 10.6. The molecule has 0 saturated heterocycles. The van der Waals surface area contributed by atoms with Gasteiger partial charge in [-0.3, -0.25) is 0 Å². The van der Waals surface area contributed by atoms with E-state index in [2.05, 4.69) is 27.4 Å².